The zero-order chi connectivity index (χ0) is 14.6. The first-order chi connectivity index (χ1) is 9.43. The smallest absolute Gasteiger partial charge is 0.141 e. The minimum atomic E-state index is -2.64. The first-order valence-corrected chi connectivity index (χ1v) is 8.47. The van der Waals surface area contributed by atoms with Gasteiger partial charge in [0.1, 0.15) is 7.14 Å². The Bertz CT molecular complexity index is 627. The van der Waals surface area contributed by atoms with E-state index in [1.807, 2.05) is 81.2 Å². The quantitative estimate of drug-likeness (QED) is 0.775. The molecule has 0 spiro atoms. The van der Waals surface area contributed by atoms with Crippen molar-refractivity contribution in [1.29, 1.82) is 0 Å². The molecular weight excluding hydrogens is 265 g/mol. The summed E-state index contributed by atoms with van der Waals surface area (Å²) in [6, 6.07) is 15.4. The lowest BCUT2D eigenvalue weighted by Crippen LogP contribution is -2.21. The normalized spacial score (nSPS) is 15.2. The van der Waals surface area contributed by atoms with Crippen molar-refractivity contribution in [3.8, 4) is 0 Å². The average molecular weight is 285 g/mol. The maximum absolute atomic E-state index is 13.5. The van der Waals surface area contributed by atoms with Crippen LogP contribution in [0.5, 0.6) is 0 Å². The monoisotopic (exact) mass is 285 g/mol. The highest BCUT2D eigenvalue weighted by atomic mass is 31.2. The third-order valence-electron chi connectivity index (χ3n) is 3.28. The highest BCUT2D eigenvalue weighted by molar-refractivity contribution is 7.76. The molecule has 0 unspecified atom stereocenters. The van der Waals surface area contributed by atoms with E-state index in [-0.39, 0.29) is 5.16 Å². The zero-order valence-corrected chi connectivity index (χ0v) is 13.0. The van der Waals surface area contributed by atoms with E-state index in [9.17, 15) is 4.57 Å². The van der Waals surface area contributed by atoms with E-state index in [2.05, 4.69) is 4.98 Å². The summed E-state index contributed by atoms with van der Waals surface area (Å²) in [4.78, 5) is 4.25. The SMILES string of the molecule is CC(C)(C)[P@](=O)(/C=C/c1ccccn1)c1ccccc1. The largest absolute Gasteiger partial charge is 0.314 e. The Morgan fingerprint density at radius 1 is 1.00 bits per heavy atom. The standard InChI is InChI=1S/C17H20NOP/c1-17(2,3)20(19,16-10-5-4-6-11-16)14-12-15-9-7-8-13-18-15/h4-14H,1-3H3/b14-12+/t20-/m0/s1. The van der Waals surface area contributed by atoms with Crippen LogP contribution in [-0.2, 0) is 4.57 Å². The predicted molar refractivity (Wildman–Crippen MR) is 86.7 cm³/mol. The lowest BCUT2D eigenvalue weighted by atomic mass is 10.3. The average Bonchev–Trinajstić information content (AvgIpc) is 2.45. The van der Waals surface area contributed by atoms with Crippen LogP contribution in [0, 0.1) is 0 Å². The molecule has 2 rings (SSSR count). The van der Waals surface area contributed by atoms with Crippen LogP contribution in [0.3, 0.4) is 0 Å². The van der Waals surface area contributed by atoms with Crippen LogP contribution < -0.4 is 5.30 Å². The van der Waals surface area contributed by atoms with Gasteiger partial charge in [0.15, 0.2) is 0 Å². The van der Waals surface area contributed by atoms with Gasteiger partial charge in [0.2, 0.25) is 0 Å². The summed E-state index contributed by atoms with van der Waals surface area (Å²) in [5, 5.41) is 0.569. The fraction of sp³-hybridized carbons (Fsp3) is 0.235. The van der Waals surface area contributed by atoms with E-state index >= 15 is 0 Å². The van der Waals surface area contributed by atoms with E-state index in [1.165, 1.54) is 0 Å². The Morgan fingerprint density at radius 2 is 1.65 bits per heavy atom. The Balaban J connectivity index is 2.45. The molecule has 0 saturated carbocycles. The second kappa shape index (κ2) is 5.76. The molecule has 20 heavy (non-hydrogen) atoms. The van der Waals surface area contributed by atoms with E-state index < -0.39 is 7.14 Å². The first kappa shape index (κ1) is 14.7. The van der Waals surface area contributed by atoms with Crippen molar-refractivity contribution in [3.63, 3.8) is 0 Å². The number of hydrogen-bond donors (Lipinski definition) is 0. The van der Waals surface area contributed by atoms with Gasteiger partial charge in [-0.15, -0.1) is 0 Å². The van der Waals surface area contributed by atoms with Crippen molar-refractivity contribution in [1.82, 2.24) is 4.98 Å². The molecule has 2 nitrogen and oxygen atoms in total. The molecule has 0 aliphatic heterocycles. The molecule has 0 N–H and O–H groups in total. The topological polar surface area (TPSA) is 30.0 Å². The summed E-state index contributed by atoms with van der Waals surface area (Å²) < 4.78 is 13.5. The van der Waals surface area contributed by atoms with Gasteiger partial charge in [-0.05, 0) is 24.0 Å². The van der Waals surface area contributed by atoms with Crippen molar-refractivity contribution < 1.29 is 4.57 Å². The number of nitrogens with zero attached hydrogens (tertiary/aromatic N) is 1. The Morgan fingerprint density at radius 3 is 2.20 bits per heavy atom. The molecule has 0 amide bonds. The van der Waals surface area contributed by atoms with Gasteiger partial charge < -0.3 is 4.57 Å². The van der Waals surface area contributed by atoms with Crippen LogP contribution in [0.4, 0.5) is 0 Å². The van der Waals surface area contributed by atoms with E-state index in [4.69, 9.17) is 0 Å². The van der Waals surface area contributed by atoms with Crippen LogP contribution >= 0.6 is 7.14 Å². The number of hydrogen-bond acceptors (Lipinski definition) is 2. The van der Waals surface area contributed by atoms with Crippen LogP contribution in [0.2, 0.25) is 0 Å². The fourth-order valence-corrected chi connectivity index (χ4v) is 4.37. The van der Waals surface area contributed by atoms with E-state index in [0.29, 0.717) is 0 Å². The van der Waals surface area contributed by atoms with Crippen molar-refractivity contribution in [3.05, 3.63) is 66.2 Å². The second-order valence-corrected chi connectivity index (χ2v) is 9.21. The van der Waals surface area contributed by atoms with E-state index in [0.717, 1.165) is 11.0 Å². The van der Waals surface area contributed by atoms with Gasteiger partial charge in [-0.2, -0.15) is 0 Å². The summed E-state index contributed by atoms with van der Waals surface area (Å²) in [6.07, 6.45) is 3.60. The molecule has 0 aliphatic rings. The van der Waals surface area contributed by atoms with Crippen molar-refractivity contribution in [2.75, 3.05) is 0 Å². The van der Waals surface area contributed by atoms with Gasteiger partial charge in [-0.25, -0.2) is 0 Å². The molecule has 1 aromatic heterocycles. The first-order valence-electron chi connectivity index (χ1n) is 6.69. The maximum atomic E-state index is 13.5. The molecule has 0 radical (unpaired) electrons. The zero-order valence-electron chi connectivity index (χ0n) is 12.2. The lowest BCUT2D eigenvalue weighted by molar-refractivity contribution is 0.563. The summed E-state index contributed by atoms with van der Waals surface area (Å²) in [7, 11) is -2.64. The van der Waals surface area contributed by atoms with Crippen molar-refractivity contribution in [2.24, 2.45) is 0 Å². The van der Waals surface area contributed by atoms with Gasteiger partial charge in [-0.1, -0.05) is 57.2 Å². The molecule has 0 bridgehead atoms. The molecule has 104 valence electrons. The van der Waals surface area contributed by atoms with Gasteiger partial charge in [-0.3, -0.25) is 4.98 Å². The molecule has 1 aromatic carbocycles. The van der Waals surface area contributed by atoms with Crippen molar-refractivity contribution in [2.45, 2.75) is 25.9 Å². The molecular formula is C17H20NOP. The van der Waals surface area contributed by atoms with Crippen LogP contribution in [0.1, 0.15) is 26.5 Å². The Hall–Kier alpha value is -1.66. The number of aromatic nitrogens is 1. The third kappa shape index (κ3) is 3.08. The van der Waals surface area contributed by atoms with Gasteiger partial charge >= 0.3 is 0 Å². The summed E-state index contributed by atoms with van der Waals surface area (Å²) in [5.74, 6) is 1.84. The van der Waals surface area contributed by atoms with Crippen LogP contribution in [-0.4, -0.2) is 10.1 Å². The summed E-state index contributed by atoms with van der Waals surface area (Å²) >= 11 is 0. The fourth-order valence-electron chi connectivity index (χ4n) is 2.00. The Kier molecular flexibility index (Phi) is 4.25. The van der Waals surface area contributed by atoms with Crippen LogP contribution in [0.15, 0.2) is 60.5 Å². The number of rotatable bonds is 3. The summed E-state index contributed by atoms with van der Waals surface area (Å²) in [6.45, 7) is 6.05. The molecule has 1 atom stereocenters. The Labute approximate surface area is 120 Å². The third-order valence-corrected chi connectivity index (χ3v) is 6.91. The maximum Gasteiger partial charge on any atom is 0.141 e. The minimum absolute atomic E-state index is 0.320. The lowest BCUT2D eigenvalue weighted by Gasteiger charge is -2.29. The van der Waals surface area contributed by atoms with Crippen LogP contribution in [0.25, 0.3) is 6.08 Å². The number of benzene rings is 1. The predicted octanol–water partition coefficient (Wildman–Crippen LogP) is 4.54. The van der Waals surface area contributed by atoms with E-state index in [1.54, 1.807) is 6.20 Å². The van der Waals surface area contributed by atoms with Crippen molar-refractivity contribution >= 4 is 18.5 Å². The molecule has 0 aliphatic carbocycles. The van der Waals surface area contributed by atoms with Gasteiger partial charge in [0.05, 0.1) is 5.69 Å². The highest BCUT2D eigenvalue weighted by Crippen LogP contribution is 2.58. The molecule has 2 aromatic rings. The molecule has 0 fully saturated rings. The second-order valence-electron chi connectivity index (χ2n) is 5.73. The van der Waals surface area contributed by atoms with Gasteiger partial charge in [0.25, 0.3) is 0 Å². The molecule has 0 saturated heterocycles. The minimum Gasteiger partial charge on any atom is -0.314 e. The summed E-state index contributed by atoms with van der Waals surface area (Å²) in [5.41, 5.74) is 0.827. The molecule has 3 heteroatoms. The highest BCUT2D eigenvalue weighted by Gasteiger charge is 2.35. The molecule has 1 heterocycles. The van der Waals surface area contributed by atoms with Gasteiger partial charge in [0, 0.05) is 16.7 Å². The number of pyridine rings is 1.